The van der Waals surface area contributed by atoms with Crippen LogP contribution in [0.5, 0.6) is 46.0 Å². The molecule has 12 rings (SSSR count). The molecule has 15 unspecified atom stereocenters. The number of primary amides is 1. The number of halogens is 2. The molecule has 19 atom stereocenters. The van der Waals surface area contributed by atoms with Crippen molar-refractivity contribution in [2.24, 2.45) is 11.7 Å². The molecule has 5 aromatic rings. The normalized spacial score (nSPS) is 27.9. The summed E-state index contributed by atoms with van der Waals surface area (Å²) >= 11 is 14.2. The van der Waals surface area contributed by atoms with Gasteiger partial charge in [-0.3, -0.25) is 33.6 Å². The Labute approximate surface area is 649 Å². The molecule has 0 saturated carbocycles. The number of hydrogen-bond acceptors (Lipinski definition) is 28. The fourth-order valence-corrected chi connectivity index (χ4v) is 14.1. The number of amides is 7. The number of carbonyl (C=O) groups is 9. The average molecular weight is 1610 g/mol. The summed E-state index contributed by atoms with van der Waals surface area (Å²) in [5.41, 5.74) is 1.41. The molecule has 0 aliphatic carbocycles. The monoisotopic (exact) mass is 1610 g/mol. The number of nitrogens with two attached hydrogens (primary N) is 1. The number of likely N-dealkylation sites (N-methyl/N-ethyl adjacent to an activating group) is 1. The lowest BCUT2D eigenvalue weighted by molar-refractivity contribution is -0.334. The van der Waals surface area contributed by atoms with Crippen LogP contribution in [0.4, 0.5) is 0 Å². The molecule has 7 heterocycles. The van der Waals surface area contributed by atoms with Gasteiger partial charge in [-0.15, -0.1) is 0 Å². The van der Waals surface area contributed by atoms with Crippen molar-refractivity contribution in [3.63, 3.8) is 0 Å². The zero-order valence-electron chi connectivity index (χ0n) is 61.4. The Kier molecular flexibility index (Phi) is 27.2. The van der Waals surface area contributed by atoms with Crippen molar-refractivity contribution in [3.05, 3.63) is 117 Å². The number of hydrogen-bond donors (Lipinski definition) is 19. The second-order valence-corrected chi connectivity index (χ2v) is 29.1. The standard InChI is InChI=1S/C74H89Cl2N9O27/c1-8-9-16-106-48(72(104)105-7)27-79-74(5)26-51(107-30(4)64(74)95)111-63-61(94)60(93)49(28-86)110-73(63)112-62-46-21-34-22-47(62)109-45-15-12-33(20-39(45)76)59(92)57-70(101)83-55(71(102)103)37-23-35(87)24-43(89)52(37)36-18-31(10-13-42(36)88)53(67(98)85-57)82-68(99)54(34)81-66(97)41(25-50(77)90)80-69(100)56(84-65(96)40(78-6)17-29(2)3)58(91)32-11-14-44(108-46)38(75)19-32/h10-15,18-24,29-30,40-41,48-49,51,53-61,63-64,73,78-79,86-89,91-95H,8-9,16-17,25-28H2,1-7H3,(H2,77,90)(H,80,100)(H,81,97)(H,82,99)(H,83,101)(H,84,96)(H,85,98)(H,102,103)/t30?,40-,41?,48?,49?,51?,53?,54?,55?,56+,57+,58?,59-,60?,61?,63?,64?,73?,74?/m1/s1. The number of rotatable bonds is 21. The Balaban J connectivity index is 1.21. The molecular formula is C74H89Cl2N9O27. The van der Waals surface area contributed by atoms with Gasteiger partial charge in [-0.05, 0) is 117 Å². The van der Waals surface area contributed by atoms with Gasteiger partial charge < -0.3 is 137 Å². The molecular weight excluding hydrogens is 1520 g/mol. The summed E-state index contributed by atoms with van der Waals surface area (Å²) in [4.78, 5) is 131. The smallest absolute Gasteiger partial charge is 0.336 e. The zero-order chi connectivity index (χ0) is 81.6. The molecule has 606 valence electrons. The van der Waals surface area contributed by atoms with Crippen molar-refractivity contribution in [1.82, 2.24) is 42.5 Å². The Hall–Kier alpha value is -9.77. The van der Waals surface area contributed by atoms with Crippen LogP contribution in [0.25, 0.3) is 11.1 Å². The Morgan fingerprint density at radius 3 is 1.96 bits per heavy atom. The van der Waals surface area contributed by atoms with Gasteiger partial charge in [0.15, 0.2) is 36.0 Å². The third-order valence-corrected chi connectivity index (χ3v) is 20.3. The van der Waals surface area contributed by atoms with Gasteiger partial charge in [0.05, 0.1) is 48.4 Å². The highest BCUT2D eigenvalue weighted by atomic mass is 35.5. The number of aromatic hydroxyl groups is 3. The molecule has 0 radical (unpaired) electrons. The van der Waals surface area contributed by atoms with Gasteiger partial charge in [-0.2, -0.15) is 0 Å². The van der Waals surface area contributed by atoms with Crippen molar-refractivity contribution in [3.8, 4) is 57.1 Å². The molecule has 112 heavy (non-hydrogen) atoms. The van der Waals surface area contributed by atoms with Crippen molar-refractivity contribution in [2.75, 3.05) is 33.9 Å². The number of fused-ring (bicyclic) bond motifs is 15. The maximum absolute atomic E-state index is 16.2. The summed E-state index contributed by atoms with van der Waals surface area (Å²) in [5, 5.41) is 136. The molecule has 7 aliphatic heterocycles. The largest absolute Gasteiger partial charge is 0.508 e. The first-order valence-corrected chi connectivity index (χ1v) is 36.4. The van der Waals surface area contributed by atoms with Crippen molar-refractivity contribution >= 4 is 76.5 Å². The Morgan fingerprint density at radius 2 is 1.36 bits per heavy atom. The molecule has 20 N–H and O–H groups in total. The fourth-order valence-electron chi connectivity index (χ4n) is 13.7. The van der Waals surface area contributed by atoms with Crippen LogP contribution in [-0.2, 0) is 66.8 Å². The number of carboxylic acids is 1. The molecule has 38 heteroatoms. The van der Waals surface area contributed by atoms with Gasteiger partial charge in [-0.1, -0.05) is 68.6 Å². The first-order chi connectivity index (χ1) is 53.1. The third-order valence-electron chi connectivity index (χ3n) is 19.7. The van der Waals surface area contributed by atoms with Crippen molar-refractivity contribution < 1.29 is 132 Å². The number of methoxy groups -OCH3 is 1. The molecule has 0 spiro atoms. The predicted octanol–water partition coefficient (Wildman–Crippen LogP) is 1.10. The summed E-state index contributed by atoms with van der Waals surface area (Å²) in [6.07, 6.45) is -19.2. The minimum atomic E-state index is -2.38. The van der Waals surface area contributed by atoms with Gasteiger partial charge in [0, 0.05) is 47.9 Å². The van der Waals surface area contributed by atoms with Crippen LogP contribution in [0.2, 0.25) is 10.0 Å². The van der Waals surface area contributed by atoms with Gasteiger partial charge in [0.2, 0.25) is 53.4 Å². The van der Waals surface area contributed by atoms with E-state index in [1.165, 1.54) is 33.2 Å². The number of ether oxygens (including phenoxy) is 8. The van der Waals surface area contributed by atoms with E-state index in [-0.39, 0.29) is 59.4 Å². The van der Waals surface area contributed by atoms with Crippen LogP contribution in [-0.4, -0.2) is 223 Å². The average Bonchev–Trinajstić information content (AvgIpc) is 0.765. The van der Waals surface area contributed by atoms with E-state index < -0.39 is 249 Å². The lowest BCUT2D eigenvalue weighted by Crippen LogP contribution is -2.66. The van der Waals surface area contributed by atoms with E-state index >= 15 is 14.4 Å². The quantitative estimate of drug-likeness (QED) is 0.0361. The molecule has 11 bridgehead atoms. The number of nitrogens with one attached hydrogen (secondary N) is 8. The number of aliphatic hydroxyl groups excluding tert-OH is 6. The van der Waals surface area contributed by atoms with Crippen LogP contribution in [0.15, 0.2) is 78.9 Å². The highest BCUT2D eigenvalue weighted by molar-refractivity contribution is 6.32. The minimum absolute atomic E-state index is 0.113. The molecule has 0 aromatic heterocycles. The highest BCUT2D eigenvalue weighted by Gasteiger charge is 2.53. The first kappa shape index (κ1) is 84.7. The number of aliphatic carboxylic acids is 1. The van der Waals surface area contributed by atoms with E-state index in [1.807, 2.05) is 20.8 Å². The first-order valence-electron chi connectivity index (χ1n) is 35.7. The van der Waals surface area contributed by atoms with E-state index in [9.17, 15) is 79.8 Å². The van der Waals surface area contributed by atoms with Gasteiger partial charge in [0.1, 0.15) is 89.5 Å². The summed E-state index contributed by atoms with van der Waals surface area (Å²) in [7, 11) is 2.65. The number of esters is 1. The molecule has 36 nitrogen and oxygen atoms in total. The Bertz CT molecular complexity index is 4390. The topological polar surface area (TPSA) is 552 Å². The summed E-state index contributed by atoms with van der Waals surface area (Å²) in [6.45, 7) is 7.60. The molecule has 7 aliphatic rings. The van der Waals surface area contributed by atoms with Gasteiger partial charge in [-0.25, -0.2) is 9.59 Å². The van der Waals surface area contributed by atoms with Gasteiger partial charge in [0.25, 0.3) is 0 Å². The maximum Gasteiger partial charge on any atom is 0.336 e. The van der Waals surface area contributed by atoms with E-state index in [4.69, 9.17) is 66.8 Å². The SMILES string of the molecule is CCCCOC(CNC1(C)CC(OC2C(Oc3c4cc5cc3Oc3ccc(cc3Cl)[C@@H](O)[C@@H]3NC(=O)C(NC(=O)C5NC(=O)C(CC(N)=O)NC(=O)[C@@H](NC(=O)[C@@H](CC(C)C)NC)C(O)c5ccc(c(Cl)c5)O4)c4ccc(O)c(c4)-c4c(O)cc(O)cc4C(C(=O)O)NC3=O)OC(CO)C(O)C2O)OC(C)C1O)C(=O)OC. The summed E-state index contributed by atoms with van der Waals surface area (Å²) in [5.74, 6) is -17.0. The number of phenolic OH excluding ortho intramolecular Hbond substituents is 3. The fraction of sp³-hybridized carbons (Fsp3) is 0.473. The Morgan fingerprint density at radius 1 is 0.732 bits per heavy atom. The van der Waals surface area contributed by atoms with Crippen LogP contribution in [0.1, 0.15) is 125 Å². The highest BCUT2D eigenvalue weighted by Crippen LogP contribution is 2.50. The third kappa shape index (κ3) is 18.8. The van der Waals surface area contributed by atoms with Gasteiger partial charge >= 0.3 is 11.9 Å². The van der Waals surface area contributed by atoms with E-state index in [2.05, 4.69) is 42.5 Å². The second-order valence-electron chi connectivity index (χ2n) is 28.2. The van der Waals surface area contributed by atoms with E-state index in [0.29, 0.717) is 6.42 Å². The number of phenols is 3. The van der Waals surface area contributed by atoms with Crippen LogP contribution in [0.3, 0.4) is 0 Å². The molecule has 2 saturated heterocycles. The maximum atomic E-state index is 16.2. The molecule has 5 aromatic carbocycles. The number of benzene rings is 5. The molecule has 2 fully saturated rings. The van der Waals surface area contributed by atoms with Crippen molar-refractivity contribution in [1.29, 1.82) is 0 Å². The molecule has 7 amide bonds. The van der Waals surface area contributed by atoms with Crippen molar-refractivity contribution in [2.45, 2.75) is 182 Å². The predicted molar refractivity (Wildman–Crippen MR) is 390 cm³/mol. The lowest BCUT2D eigenvalue weighted by atomic mass is 9.84. The van der Waals surface area contributed by atoms with Crippen LogP contribution < -0.4 is 62.5 Å². The van der Waals surface area contributed by atoms with Crippen LogP contribution in [0, 0.1) is 5.92 Å². The van der Waals surface area contributed by atoms with E-state index in [0.717, 1.165) is 73.2 Å². The number of carbonyl (C=O) groups excluding carboxylic acids is 8. The summed E-state index contributed by atoms with van der Waals surface area (Å²) in [6, 6.07) is -0.933. The lowest BCUT2D eigenvalue weighted by Gasteiger charge is -2.48. The van der Waals surface area contributed by atoms with E-state index in [1.54, 1.807) is 6.92 Å². The number of carboxylic acid groups (broad SMARTS) is 1. The summed E-state index contributed by atoms with van der Waals surface area (Å²) < 4.78 is 50.0. The number of unbranched alkanes of at least 4 members (excludes halogenated alkanes) is 1. The van der Waals surface area contributed by atoms with Crippen LogP contribution >= 0.6 is 23.2 Å². The number of aliphatic hydroxyl groups is 6. The second kappa shape index (κ2) is 35.9. The zero-order valence-corrected chi connectivity index (χ0v) is 62.9. The minimum Gasteiger partial charge on any atom is -0.508 e.